The Kier molecular flexibility index (Phi) is 14.9. The summed E-state index contributed by atoms with van der Waals surface area (Å²) in [6.45, 7) is 2.25. The van der Waals surface area contributed by atoms with E-state index in [4.69, 9.17) is 0 Å². The van der Waals surface area contributed by atoms with Crippen LogP contribution in [0.3, 0.4) is 0 Å². The molecule has 0 aliphatic heterocycles. The van der Waals surface area contributed by atoms with Crippen LogP contribution in [-0.4, -0.2) is 6.61 Å². The van der Waals surface area contributed by atoms with Crippen molar-refractivity contribution in [2.45, 2.75) is 32.6 Å². The number of unbranched alkanes of at least 4 members (excludes halogenated alkanes) is 3. The summed E-state index contributed by atoms with van der Waals surface area (Å²) in [6, 6.07) is 0. The predicted octanol–water partition coefficient (Wildman–Crippen LogP) is -2.07. The third-order valence-electron chi connectivity index (χ3n) is 0.998. The average molecular weight is 108 g/mol. The van der Waals surface area contributed by atoms with E-state index in [2.05, 4.69) is 6.92 Å². The zero-order valence-corrected chi connectivity index (χ0v) is 5.94. The summed E-state index contributed by atoms with van der Waals surface area (Å²) in [5.41, 5.74) is 0. The maximum absolute atomic E-state index is 9.80. The van der Waals surface area contributed by atoms with Crippen molar-refractivity contribution in [1.29, 1.82) is 0 Å². The molecule has 0 radical (unpaired) electrons. The van der Waals surface area contributed by atoms with Crippen LogP contribution in [0.1, 0.15) is 32.6 Å². The summed E-state index contributed by atoms with van der Waals surface area (Å²) in [5.74, 6) is 0. The minimum atomic E-state index is 0. The molecular weight excluding hydrogens is 95.0 g/mol. The van der Waals surface area contributed by atoms with Crippen LogP contribution in [0.15, 0.2) is 0 Å². The van der Waals surface area contributed by atoms with Crippen molar-refractivity contribution in [3.8, 4) is 0 Å². The minimum Gasteiger partial charge on any atom is -0.854 e. The molecule has 0 rings (SSSR count). The van der Waals surface area contributed by atoms with Gasteiger partial charge < -0.3 is 5.11 Å². The normalized spacial score (nSPS) is 8.25. The van der Waals surface area contributed by atoms with E-state index in [0.29, 0.717) is 0 Å². The summed E-state index contributed by atoms with van der Waals surface area (Å²) in [7, 11) is 0. The fraction of sp³-hybridized carbons (Fsp3) is 1.00. The molecule has 0 saturated carbocycles. The smallest absolute Gasteiger partial charge is 0.854 e. The molecule has 0 bridgehead atoms. The molecule has 0 amide bonds. The topological polar surface area (TPSA) is 23.1 Å². The molecule has 0 aliphatic rings. The Morgan fingerprint density at radius 2 is 1.75 bits per heavy atom. The van der Waals surface area contributed by atoms with E-state index < -0.39 is 0 Å². The van der Waals surface area contributed by atoms with Crippen molar-refractivity contribution in [1.82, 2.24) is 0 Å². The van der Waals surface area contributed by atoms with Crippen molar-refractivity contribution in [3.63, 3.8) is 0 Å². The first kappa shape index (κ1) is 11.4. The molecule has 0 aliphatic carbocycles. The Hall–Kier alpha value is 0.557. The number of rotatable bonds is 4. The Morgan fingerprint density at radius 3 is 2.12 bits per heavy atom. The molecular formula is C6H13LiO. The Labute approximate surface area is 63.7 Å². The van der Waals surface area contributed by atoms with Gasteiger partial charge in [0.05, 0.1) is 0 Å². The standard InChI is InChI=1S/C6H13O.Li/c1-2-3-4-5-6-7;/h2-6H2,1H3;/q-1;+1. The molecule has 44 valence electrons. The largest absolute Gasteiger partial charge is 1.00 e. The van der Waals surface area contributed by atoms with Crippen molar-refractivity contribution in [3.05, 3.63) is 0 Å². The van der Waals surface area contributed by atoms with Gasteiger partial charge in [-0.2, -0.15) is 0 Å². The van der Waals surface area contributed by atoms with Crippen LogP contribution in [0.2, 0.25) is 0 Å². The first-order valence-electron chi connectivity index (χ1n) is 3.00. The van der Waals surface area contributed by atoms with Gasteiger partial charge in [0.2, 0.25) is 0 Å². The molecule has 0 unspecified atom stereocenters. The van der Waals surface area contributed by atoms with Crippen molar-refractivity contribution >= 4 is 0 Å². The second-order valence-electron chi connectivity index (χ2n) is 1.76. The van der Waals surface area contributed by atoms with E-state index in [9.17, 15) is 5.11 Å². The van der Waals surface area contributed by atoms with Crippen LogP contribution in [0.25, 0.3) is 0 Å². The Balaban J connectivity index is 0. The van der Waals surface area contributed by atoms with Crippen LogP contribution < -0.4 is 24.0 Å². The summed E-state index contributed by atoms with van der Waals surface area (Å²) < 4.78 is 0. The quantitative estimate of drug-likeness (QED) is 0.300. The number of hydrogen-bond acceptors (Lipinski definition) is 1. The van der Waals surface area contributed by atoms with Crippen molar-refractivity contribution in [2.75, 3.05) is 6.61 Å². The van der Waals surface area contributed by atoms with Gasteiger partial charge in [0.25, 0.3) is 0 Å². The van der Waals surface area contributed by atoms with E-state index in [0.717, 1.165) is 12.8 Å². The van der Waals surface area contributed by atoms with Gasteiger partial charge in [0, 0.05) is 0 Å². The molecule has 0 N–H and O–H groups in total. The average Bonchev–Trinajstić information content (AvgIpc) is 1.69. The van der Waals surface area contributed by atoms with Gasteiger partial charge in [-0.25, -0.2) is 0 Å². The molecule has 0 heterocycles. The van der Waals surface area contributed by atoms with Gasteiger partial charge in [0.15, 0.2) is 0 Å². The fourth-order valence-corrected chi connectivity index (χ4v) is 0.529. The Morgan fingerprint density at radius 1 is 1.12 bits per heavy atom. The summed E-state index contributed by atoms with van der Waals surface area (Å²) in [6.07, 6.45) is 4.44. The summed E-state index contributed by atoms with van der Waals surface area (Å²) >= 11 is 0. The van der Waals surface area contributed by atoms with E-state index in [1.54, 1.807) is 0 Å². The second kappa shape index (κ2) is 10.5. The third-order valence-corrected chi connectivity index (χ3v) is 0.998. The molecule has 2 heteroatoms. The number of hydrogen-bond donors (Lipinski definition) is 0. The van der Waals surface area contributed by atoms with Crippen molar-refractivity contribution in [2.24, 2.45) is 0 Å². The molecule has 0 atom stereocenters. The van der Waals surface area contributed by atoms with Crippen LogP contribution in [-0.2, 0) is 0 Å². The molecule has 0 spiro atoms. The molecule has 8 heavy (non-hydrogen) atoms. The van der Waals surface area contributed by atoms with E-state index in [1.807, 2.05) is 0 Å². The molecule has 0 aromatic heterocycles. The SMILES string of the molecule is CCCCCC[O-].[Li+]. The van der Waals surface area contributed by atoms with Gasteiger partial charge in [0.1, 0.15) is 0 Å². The molecule has 0 fully saturated rings. The van der Waals surface area contributed by atoms with Gasteiger partial charge in [-0.1, -0.05) is 32.6 Å². The van der Waals surface area contributed by atoms with Crippen LogP contribution in [0.4, 0.5) is 0 Å². The zero-order chi connectivity index (χ0) is 5.54. The minimum absolute atomic E-state index is 0. The van der Waals surface area contributed by atoms with Crippen molar-refractivity contribution < 1.29 is 24.0 Å². The second-order valence-corrected chi connectivity index (χ2v) is 1.76. The van der Waals surface area contributed by atoms with Gasteiger partial charge in [-0.05, 0) is 0 Å². The maximum Gasteiger partial charge on any atom is 1.00 e. The third kappa shape index (κ3) is 9.75. The fourth-order valence-electron chi connectivity index (χ4n) is 0.529. The maximum atomic E-state index is 9.80. The summed E-state index contributed by atoms with van der Waals surface area (Å²) in [4.78, 5) is 0. The molecule has 0 saturated heterocycles. The van der Waals surface area contributed by atoms with E-state index in [1.165, 1.54) is 12.8 Å². The van der Waals surface area contributed by atoms with Gasteiger partial charge >= 0.3 is 18.9 Å². The summed E-state index contributed by atoms with van der Waals surface area (Å²) in [5, 5.41) is 9.80. The van der Waals surface area contributed by atoms with Gasteiger partial charge in [-0.3, -0.25) is 0 Å². The van der Waals surface area contributed by atoms with E-state index in [-0.39, 0.29) is 25.5 Å². The zero-order valence-electron chi connectivity index (χ0n) is 5.94. The van der Waals surface area contributed by atoms with Gasteiger partial charge in [-0.15, -0.1) is 6.61 Å². The predicted molar refractivity (Wildman–Crippen MR) is 29.0 cm³/mol. The monoisotopic (exact) mass is 108 g/mol. The van der Waals surface area contributed by atoms with Crippen LogP contribution >= 0.6 is 0 Å². The molecule has 1 nitrogen and oxygen atoms in total. The van der Waals surface area contributed by atoms with E-state index >= 15 is 0 Å². The first-order valence-corrected chi connectivity index (χ1v) is 3.00. The van der Waals surface area contributed by atoms with Crippen LogP contribution in [0.5, 0.6) is 0 Å². The Bertz CT molecular complexity index is 27.7. The van der Waals surface area contributed by atoms with Crippen LogP contribution in [0, 0.1) is 0 Å². The molecule has 0 aromatic carbocycles. The molecule has 0 aromatic rings. The first-order chi connectivity index (χ1) is 3.41.